The van der Waals surface area contributed by atoms with E-state index in [4.69, 9.17) is 0 Å². The summed E-state index contributed by atoms with van der Waals surface area (Å²) in [5.41, 5.74) is 0.524. The predicted molar refractivity (Wildman–Crippen MR) is 149 cm³/mol. The molecule has 1 aromatic carbocycles. The number of aromatic nitrogens is 3. The molecule has 2 aromatic heterocycles. The maximum absolute atomic E-state index is 14.7. The number of piperidine rings is 1. The van der Waals surface area contributed by atoms with Gasteiger partial charge in [-0.15, -0.1) is 0 Å². The number of rotatable bonds is 7. The number of hydrogen-bond donors (Lipinski definition) is 2. The standard InChI is InChI=1S/C27H35FN6O3S/c1-17(2)19-5-6-22(34-13-18(14-34)15-38(4,36)37)21-12-30-25(11-20(19)21)31-24-7-9-29-26(32-24)33-10-8-23(35)27(3,28)16-33/h5-7,9,11-12,17-18,23,35H,8,10,13-16H2,1-4H3,(H,29,30,31,32)/t23-,27+/m1/s1. The Hall–Kier alpha value is -3.05. The largest absolute Gasteiger partial charge is 0.390 e. The fraction of sp³-hybridized carbons (Fsp3) is 0.519. The van der Waals surface area contributed by atoms with Crippen LogP contribution in [0.3, 0.4) is 0 Å². The van der Waals surface area contributed by atoms with E-state index in [0.717, 1.165) is 16.5 Å². The molecule has 0 saturated carbocycles. The number of alkyl halides is 1. The molecule has 0 aliphatic carbocycles. The number of aliphatic hydroxyl groups excluding tert-OH is 1. The van der Waals surface area contributed by atoms with E-state index in [-0.39, 0.29) is 18.2 Å². The van der Waals surface area contributed by atoms with E-state index in [2.05, 4.69) is 51.1 Å². The van der Waals surface area contributed by atoms with Crippen LogP contribution in [0.5, 0.6) is 0 Å². The van der Waals surface area contributed by atoms with Crippen molar-refractivity contribution in [3.63, 3.8) is 0 Å². The van der Waals surface area contributed by atoms with Gasteiger partial charge in [-0.1, -0.05) is 19.9 Å². The minimum absolute atomic E-state index is 0.0217. The van der Waals surface area contributed by atoms with Gasteiger partial charge in [0.15, 0.2) is 5.67 Å². The molecular weight excluding hydrogens is 507 g/mol. The first kappa shape index (κ1) is 26.6. The second-order valence-electron chi connectivity index (χ2n) is 11.2. The smallest absolute Gasteiger partial charge is 0.227 e. The quantitative estimate of drug-likeness (QED) is 0.462. The zero-order valence-electron chi connectivity index (χ0n) is 22.2. The lowest BCUT2D eigenvalue weighted by molar-refractivity contribution is -0.00860. The zero-order valence-corrected chi connectivity index (χ0v) is 23.0. The van der Waals surface area contributed by atoms with Gasteiger partial charge in [-0.2, -0.15) is 4.98 Å². The van der Waals surface area contributed by atoms with Crippen molar-refractivity contribution in [3.05, 3.63) is 42.2 Å². The second-order valence-corrected chi connectivity index (χ2v) is 13.4. The summed E-state index contributed by atoms with van der Waals surface area (Å²) in [5, 5.41) is 15.3. The molecule has 2 aliphatic heterocycles. The molecule has 2 aliphatic rings. The van der Waals surface area contributed by atoms with Crippen molar-refractivity contribution in [1.82, 2.24) is 15.0 Å². The molecule has 2 saturated heterocycles. The Labute approximate surface area is 223 Å². The van der Waals surface area contributed by atoms with Crippen molar-refractivity contribution < 1.29 is 17.9 Å². The number of hydrogen-bond acceptors (Lipinski definition) is 9. The molecule has 2 N–H and O–H groups in total. The van der Waals surface area contributed by atoms with E-state index in [9.17, 15) is 17.9 Å². The van der Waals surface area contributed by atoms with Crippen LogP contribution in [-0.4, -0.2) is 78.4 Å². The van der Waals surface area contributed by atoms with Gasteiger partial charge in [0.05, 0.1) is 18.4 Å². The lowest BCUT2D eigenvalue weighted by atomic mass is 9.93. The lowest BCUT2D eigenvalue weighted by Crippen LogP contribution is -2.52. The number of aliphatic hydroxyl groups is 1. The average molecular weight is 543 g/mol. The Bertz CT molecular complexity index is 1440. The summed E-state index contributed by atoms with van der Waals surface area (Å²) < 4.78 is 38.1. The number of fused-ring (bicyclic) bond motifs is 1. The van der Waals surface area contributed by atoms with Crippen molar-refractivity contribution in [1.29, 1.82) is 0 Å². The molecule has 0 amide bonds. The highest BCUT2D eigenvalue weighted by Crippen LogP contribution is 2.37. The monoisotopic (exact) mass is 542 g/mol. The first-order valence-electron chi connectivity index (χ1n) is 13.0. The summed E-state index contributed by atoms with van der Waals surface area (Å²) in [4.78, 5) is 17.5. The molecule has 2 atom stereocenters. The molecule has 2 fully saturated rings. The molecule has 0 radical (unpaired) electrons. The Balaban J connectivity index is 1.39. The lowest BCUT2D eigenvalue weighted by Gasteiger charge is -2.41. The van der Waals surface area contributed by atoms with E-state index in [1.54, 1.807) is 17.2 Å². The van der Waals surface area contributed by atoms with Gasteiger partial charge < -0.3 is 20.2 Å². The summed E-state index contributed by atoms with van der Waals surface area (Å²) in [6.45, 7) is 7.61. The number of anilines is 4. The molecule has 4 heterocycles. The van der Waals surface area contributed by atoms with Gasteiger partial charge in [0.25, 0.3) is 0 Å². The summed E-state index contributed by atoms with van der Waals surface area (Å²) in [6.07, 6.45) is 4.08. The molecule has 0 bridgehead atoms. The predicted octanol–water partition coefficient (Wildman–Crippen LogP) is 3.67. The molecule has 5 rings (SSSR count). The van der Waals surface area contributed by atoms with Crippen molar-refractivity contribution >= 4 is 43.9 Å². The molecule has 38 heavy (non-hydrogen) atoms. The van der Waals surface area contributed by atoms with Crippen LogP contribution in [0, 0.1) is 5.92 Å². The van der Waals surface area contributed by atoms with Crippen molar-refractivity contribution in [2.24, 2.45) is 5.92 Å². The molecule has 0 unspecified atom stereocenters. The van der Waals surface area contributed by atoms with Crippen LogP contribution < -0.4 is 15.1 Å². The topological polar surface area (TPSA) is 112 Å². The number of nitrogens with zero attached hydrogens (tertiary/aromatic N) is 5. The fourth-order valence-corrected chi connectivity index (χ4v) is 6.47. The van der Waals surface area contributed by atoms with Gasteiger partial charge in [0.1, 0.15) is 21.5 Å². The van der Waals surface area contributed by atoms with Crippen molar-refractivity contribution in [2.45, 2.75) is 44.9 Å². The van der Waals surface area contributed by atoms with Gasteiger partial charge >= 0.3 is 0 Å². The van der Waals surface area contributed by atoms with E-state index in [1.165, 1.54) is 18.7 Å². The third-order valence-electron chi connectivity index (χ3n) is 7.42. The Kier molecular flexibility index (Phi) is 6.93. The number of halogens is 1. The van der Waals surface area contributed by atoms with Gasteiger partial charge in [-0.05, 0) is 48.4 Å². The fourth-order valence-electron chi connectivity index (χ4n) is 5.40. The first-order valence-corrected chi connectivity index (χ1v) is 15.0. The van der Waals surface area contributed by atoms with Crippen LogP contribution in [-0.2, 0) is 9.84 Å². The molecule has 3 aromatic rings. The number of benzene rings is 1. The third kappa shape index (κ3) is 5.54. The summed E-state index contributed by atoms with van der Waals surface area (Å²) in [7, 11) is -2.99. The zero-order chi connectivity index (χ0) is 27.2. The second kappa shape index (κ2) is 9.92. The average Bonchev–Trinajstić information content (AvgIpc) is 2.81. The van der Waals surface area contributed by atoms with E-state index >= 15 is 0 Å². The van der Waals surface area contributed by atoms with Crippen LogP contribution in [0.4, 0.5) is 27.7 Å². The third-order valence-corrected chi connectivity index (χ3v) is 8.50. The Morgan fingerprint density at radius 2 is 1.92 bits per heavy atom. The molecule has 0 spiro atoms. The van der Waals surface area contributed by atoms with Crippen molar-refractivity contribution in [2.75, 3.05) is 53.3 Å². The van der Waals surface area contributed by atoms with Crippen LogP contribution in [0.15, 0.2) is 36.7 Å². The van der Waals surface area contributed by atoms with Gasteiger partial charge in [-0.3, -0.25) is 0 Å². The maximum atomic E-state index is 14.7. The van der Waals surface area contributed by atoms with Crippen LogP contribution >= 0.6 is 0 Å². The van der Waals surface area contributed by atoms with E-state index in [1.807, 2.05) is 12.3 Å². The minimum atomic E-state index is -2.99. The molecule has 9 nitrogen and oxygen atoms in total. The first-order chi connectivity index (χ1) is 17.9. The molecule has 11 heteroatoms. The van der Waals surface area contributed by atoms with Gasteiger partial charge in [0, 0.05) is 55.3 Å². The van der Waals surface area contributed by atoms with Gasteiger partial charge in [-0.25, -0.2) is 22.8 Å². The summed E-state index contributed by atoms with van der Waals surface area (Å²) in [5.74, 6) is 2.22. The van der Waals surface area contributed by atoms with Crippen molar-refractivity contribution in [3.8, 4) is 0 Å². The van der Waals surface area contributed by atoms with Crippen LogP contribution in [0.25, 0.3) is 10.8 Å². The number of sulfone groups is 1. The SMILES string of the molecule is CC(C)c1ccc(N2CC(CS(C)(=O)=O)C2)c2cnc(Nc3ccnc(N4CC[C@@H](O)[C@@](C)(F)C4)n3)cc12. The summed E-state index contributed by atoms with van der Waals surface area (Å²) in [6, 6.07) is 8.00. The maximum Gasteiger partial charge on any atom is 0.227 e. The minimum Gasteiger partial charge on any atom is -0.390 e. The Morgan fingerprint density at radius 1 is 1.16 bits per heavy atom. The Morgan fingerprint density at radius 3 is 2.61 bits per heavy atom. The van der Waals surface area contributed by atoms with Crippen LogP contribution in [0.1, 0.15) is 38.7 Å². The van der Waals surface area contributed by atoms with E-state index < -0.39 is 21.6 Å². The highest BCUT2D eigenvalue weighted by molar-refractivity contribution is 7.90. The van der Waals surface area contributed by atoms with E-state index in [0.29, 0.717) is 49.6 Å². The number of nitrogens with one attached hydrogen (secondary N) is 1. The van der Waals surface area contributed by atoms with Crippen LogP contribution in [0.2, 0.25) is 0 Å². The normalized spacial score (nSPS) is 22.7. The molecule has 204 valence electrons. The van der Waals surface area contributed by atoms with Gasteiger partial charge in [0.2, 0.25) is 5.95 Å². The highest BCUT2D eigenvalue weighted by atomic mass is 32.2. The molecular formula is C27H35FN6O3S. The highest BCUT2D eigenvalue weighted by Gasteiger charge is 2.39. The summed E-state index contributed by atoms with van der Waals surface area (Å²) >= 11 is 0. The number of pyridine rings is 1.